The molecule has 4 aromatic rings. The van der Waals surface area contributed by atoms with Crippen LogP contribution in [0.5, 0.6) is 0 Å². The van der Waals surface area contributed by atoms with E-state index in [9.17, 15) is 9.59 Å². The number of hydrogen-bond acceptors (Lipinski definition) is 4. The number of benzene rings is 2. The number of carboxylic acid groups (broad SMARTS) is 1. The maximum Gasteiger partial charge on any atom is 0.328 e. The van der Waals surface area contributed by atoms with Crippen molar-refractivity contribution in [2.24, 2.45) is 7.05 Å². The Labute approximate surface area is 203 Å². The molecule has 2 aromatic carbocycles. The summed E-state index contributed by atoms with van der Waals surface area (Å²) in [7, 11) is 1.95. The number of aryl methyl sites for hydroxylation is 1. The van der Waals surface area contributed by atoms with Crippen LogP contribution in [-0.2, 0) is 23.1 Å². The highest BCUT2D eigenvalue weighted by atomic mass is 16.4. The van der Waals surface area contributed by atoms with E-state index >= 15 is 0 Å². The van der Waals surface area contributed by atoms with Crippen molar-refractivity contribution in [1.82, 2.24) is 14.8 Å². The Kier molecular flexibility index (Phi) is 6.07. The highest BCUT2D eigenvalue weighted by molar-refractivity contribution is 5.98. The lowest BCUT2D eigenvalue weighted by Gasteiger charge is -2.45. The minimum Gasteiger partial charge on any atom is -0.478 e. The third-order valence-electron chi connectivity index (χ3n) is 7.20. The fourth-order valence-electron chi connectivity index (χ4n) is 5.49. The SMILES string of the molecule is Cn1ncc2cc3cccc(CC4(N(C=O)c5cncc(/C=C/C(=O)O)c5)CCCCC4)c3cc21. The maximum absolute atomic E-state index is 12.6. The Morgan fingerprint density at radius 2 is 1.94 bits per heavy atom. The van der Waals surface area contributed by atoms with Gasteiger partial charge in [0.25, 0.3) is 0 Å². The molecule has 0 unspecified atom stereocenters. The van der Waals surface area contributed by atoms with E-state index in [4.69, 9.17) is 5.11 Å². The van der Waals surface area contributed by atoms with Crippen LogP contribution in [-0.4, -0.2) is 37.8 Å². The lowest BCUT2D eigenvalue weighted by atomic mass is 9.75. The maximum atomic E-state index is 12.6. The van der Waals surface area contributed by atoms with Crippen LogP contribution in [0.25, 0.3) is 27.8 Å². The predicted molar refractivity (Wildman–Crippen MR) is 137 cm³/mol. The molecule has 5 rings (SSSR count). The van der Waals surface area contributed by atoms with Gasteiger partial charge in [0.15, 0.2) is 0 Å². The molecule has 178 valence electrons. The van der Waals surface area contributed by atoms with E-state index in [1.807, 2.05) is 28.9 Å². The molecule has 0 spiro atoms. The molecular formula is C28H28N4O3. The molecule has 1 N–H and O–H groups in total. The lowest BCUT2D eigenvalue weighted by Crippen LogP contribution is -2.51. The summed E-state index contributed by atoms with van der Waals surface area (Å²) in [5.41, 5.74) is 3.23. The Bertz CT molecular complexity index is 1430. The van der Waals surface area contributed by atoms with Crippen molar-refractivity contribution in [1.29, 1.82) is 0 Å². The van der Waals surface area contributed by atoms with Gasteiger partial charge in [-0.2, -0.15) is 5.10 Å². The van der Waals surface area contributed by atoms with E-state index in [1.165, 1.54) is 17.0 Å². The molecule has 7 nitrogen and oxygen atoms in total. The molecule has 7 heteroatoms. The Balaban J connectivity index is 1.58. The zero-order valence-electron chi connectivity index (χ0n) is 19.7. The average molecular weight is 469 g/mol. The first-order valence-corrected chi connectivity index (χ1v) is 11.9. The van der Waals surface area contributed by atoms with Crippen molar-refractivity contribution in [3.05, 3.63) is 72.2 Å². The molecule has 0 bridgehead atoms. The normalized spacial score (nSPS) is 15.6. The molecule has 2 heterocycles. The van der Waals surface area contributed by atoms with Gasteiger partial charge >= 0.3 is 5.97 Å². The fraction of sp³-hybridized carbons (Fsp3) is 0.286. The Morgan fingerprint density at radius 3 is 2.71 bits per heavy atom. The van der Waals surface area contributed by atoms with Crippen LogP contribution in [0, 0.1) is 0 Å². The molecule has 1 aliphatic carbocycles. The smallest absolute Gasteiger partial charge is 0.328 e. The number of anilines is 1. The van der Waals surface area contributed by atoms with Crippen molar-refractivity contribution in [3.8, 4) is 0 Å². The van der Waals surface area contributed by atoms with Gasteiger partial charge in [-0.1, -0.05) is 37.5 Å². The standard InChI is InChI=1S/C28H28N4O3/c1-31-26-14-25-21(13-23(26)17-30-31)6-5-7-22(25)15-28(10-3-2-4-11-28)32(19-33)24-12-20(16-29-18-24)8-9-27(34)35/h5-9,12-14,16-19H,2-4,10-11,15H2,1H3,(H,34,35)/b9-8+. The molecule has 0 saturated heterocycles. The lowest BCUT2D eigenvalue weighted by molar-refractivity contribution is -0.131. The number of rotatable bonds is 7. The minimum absolute atomic E-state index is 0.382. The highest BCUT2D eigenvalue weighted by Gasteiger charge is 2.39. The van der Waals surface area contributed by atoms with E-state index in [1.54, 1.807) is 12.4 Å². The molecule has 1 amide bonds. The monoisotopic (exact) mass is 468 g/mol. The summed E-state index contributed by atoms with van der Waals surface area (Å²) in [4.78, 5) is 29.7. The zero-order valence-corrected chi connectivity index (χ0v) is 19.7. The number of hydrogen-bond donors (Lipinski definition) is 1. The zero-order chi connectivity index (χ0) is 24.4. The van der Waals surface area contributed by atoms with Crippen LogP contribution in [0.4, 0.5) is 5.69 Å². The molecule has 35 heavy (non-hydrogen) atoms. The van der Waals surface area contributed by atoms with Gasteiger partial charge in [0.2, 0.25) is 6.41 Å². The van der Waals surface area contributed by atoms with Gasteiger partial charge < -0.3 is 10.0 Å². The number of aromatic nitrogens is 3. The second-order valence-corrected chi connectivity index (χ2v) is 9.40. The van der Waals surface area contributed by atoms with E-state index in [0.717, 1.165) is 67.3 Å². The van der Waals surface area contributed by atoms with E-state index in [0.29, 0.717) is 11.3 Å². The van der Waals surface area contributed by atoms with E-state index < -0.39 is 5.97 Å². The fourth-order valence-corrected chi connectivity index (χ4v) is 5.49. The van der Waals surface area contributed by atoms with Gasteiger partial charge in [-0.15, -0.1) is 0 Å². The number of fused-ring (bicyclic) bond motifs is 2. The third-order valence-corrected chi connectivity index (χ3v) is 7.20. The van der Waals surface area contributed by atoms with Crippen LogP contribution in [0.15, 0.2) is 61.1 Å². The number of nitrogens with zero attached hydrogens (tertiary/aromatic N) is 4. The van der Waals surface area contributed by atoms with Gasteiger partial charge in [-0.05, 0) is 65.4 Å². The first-order chi connectivity index (χ1) is 17.0. The molecule has 1 aliphatic rings. The summed E-state index contributed by atoms with van der Waals surface area (Å²) in [6, 6.07) is 12.6. The molecule has 1 fully saturated rings. The number of pyridine rings is 1. The van der Waals surface area contributed by atoms with Gasteiger partial charge in [0.05, 0.1) is 29.1 Å². The summed E-state index contributed by atoms with van der Waals surface area (Å²) in [6.07, 6.45) is 14.4. The van der Waals surface area contributed by atoms with Crippen molar-refractivity contribution < 1.29 is 14.7 Å². The molecular weight excluding hydrogens is 440 g/mol. The summed E-state index contributed by atoms with van der Waals surface area (Å²) in [5, 5.41) is 16.8. The third kappa shape index (κ3) is 4.41. The summed E-state index contributed by atoms with van der Waals surface area (Å²) in [6.45, 7) is 0. The number of carbonyl (C=O) groups is 2. The van der Waals surface area contributed by atoms with Crippen LogP contribution in [0.3, 0.4) is 0 Å². The Morgan fingerprint density at radius 1 is 1.11 bits per heavy atom. The number of aliphatic carboxylic acids is 1. The summed E-state index contributed by atoms with van der Waals surface area (Å²) >= 11 is 0. The van der Waals surface area contributed by atoms with Crippen molar-refractivity contribution in [2.45, 2.75) is 44.1 Å². The molecule has 2 aromatic heterocycles. The highest BCUT2D eigenvalue weighted by Crippen LogP contribution is 2.40. The van der Waals surface area contributed by atoms with Crippen LogP contribution < -0.4 is 4.90 Å². The van der Waals surface area contributed by atoms with Gasteiger partial charge in [0, 0.05) is 24.7 Å². The average Bonchev–Trinajstić information content (AvgIpc) is 3.22. The van der Waals surface area contributed by atoms with E-state index in [-0.39, 0.29) is 5.54 Å². The van der Waals surface area contributed by atoms with E-state index in [2.05, 4.69) is 40.4 Å². The topological polar surface area (TPSA) is 88.3 Å². The quantitative estimate of drug-likeness (QED) is 0.300. The number of carbonyl (C=O) groups excluding carboxylic acids is 1. The minimum atomic E-state index is -1.02. The number of amides is 1. The van der Waals surface area contributed by atoms with Crippen molar-refractivity contribution in [3.63, 3.8) is 0 Å². The largest absolute Gasteiger partial charge is 0.478 e. The summed E-state index contributed by atoms with van der Waals surface area (Å²) in [5.74, 6) is -1.02. The van der Waals surface area contributed by atoms with Gasteiger partial charge in [-0.25, -0.2) is 4.79 Å². The van der Waals surface area contributed by atoms with Crippen LogP contribution >= 0.6 is 0 Å². The molecule has 0 aliphatic heterocycles. The summed E-state index contributed by atoms with van der Waals surface area (Å²) < 4.78 is 1.89. The Hall–Kier alpha value is -4.00. The van der Waals surface area contributed by atoms with Crippen LogP contribution in [0.2, 0.25) is 0 Å². The second kappa shape index (κ2) is 9.33. The molecule has 0 atom stereocenters. The van der Waals surface area contributed by atoms with Crippen molar-refractivity contribution in [2.75, 3.05) is 4.90 Å². The second-order valence-electron chi connectivity index (χ2n) is 9.40. The van der Waals surface area contributed by atoms with Crippen molar-refractivity contribution >= 4 is 45.8 Å². The number of carboxylic acids is 1. The first-order valence-electron chi connectivity index (χ1n) is 11.9. The molecule has 0 radical (unpaired) electrons. The first kappa shape index (κ1) is 22.8. The predicted octanol–water partition coefficient (Wildman–Crippen LogP) is 5.13. The van der Waals surface area contributed by atoms with Crippen LogP contribution in [0.1, 0.15) is 43.2 Å². The molecule has 1 saturated carbocycles. The van der Waals surface area contributed by atoms with Gasteiger partial charge in [0.1, 0.15) is 0 Å². The van der Waals surface area contributed by atoms with Gasteiger partial charge in [-0.3, -0.25) is 14.5 Å².